The molecule has 0 saturated heterocycles. The van der Waals surface area contributed by atoms with Crippen LogP contribution < -0.4 is 0 Å². The van der Waals surface area contributed by atoms with Crippen LogP contribution in [-0.2, 0) is 16.0 Å². The minimum Gasteiger partial charge on any atom is -0.383 e. The van der Waals surface area contributed by atoms with Gasteiger partial charge in [-0.1, -0.05) is 12.0 Å². The number of methoxy groups -OCH3 is 1. The number of rotatable bonds is 4. The lowest BCUT2D eigenvalue weighted by Gasteiger charge is -2.33. The zero-order valence-electron chi connectivity index (χ0n) is 12.1. The summed E-state index contributed by atoms with van der Waals surface area (Å²) in [5.74, 6) is 5.18. The van der Waals surface area contributed by atoms with Crippen LogP contribution in [-0.4, -0.2) is 36.1 Å². The molecule has 0 aromatic carbocycles. The number of fused-ring (bicyclic) bond motifs is 1. The van der Waals surface area contributed by atoms with Crippen molar-refractivity contribution >= 4 is 5.91 Å². The fourth-order valence-corrected chi connectivity index (χ4v) is 2.66. The largest absolute Gasteiger partial charge is 0.383 e. The predicted octanol–water partition coefficient (Wildman–Crippen LogP) is 1.96. The van der Waals surface area contributed by atoms with E-state index in [-0.39, 0.29) is 11.9 Å². The summed E-state index contributed by atoms with van der Waals surface area (Å²) in [5.41, 5.74) is 2.25. The Balaban J connectivity index is 2.28. The van der Waals surface area contributed by atoms with E-state index in [1.807, 2.05) is 6.07 Å². The number of hydrogen-bond donors (Lipinski definition) is 0. The van der Waals surface area contributed by atoms with E-state index < -0.39 is 0 Å². The zero-order chi connectivity index (χ0) is 14.4. The van der Waals surface area contributed by atoms with Crippen LogP contribution in [0.2, 0.25) is 0 Å². The molecule has 1 aliphatic rings. The van der Waals surface area contributed by atoms with Gasteiger partial charge >= 0.3 is 0 Å². The monoisotopic (exact) mass is 272 g/mol. The SMILES string of the molecule is CC#CC(=O)N(CCOC)C1CCCc2cccnc21. The van der Waals surface area contributed by atoms with Crippen molar-refractivity contribution in [1.82, 2.24) is 9.88 Å². The third-order valence-corrected chi connectivity index (χ3v) is 3.57. The second kappa shape index (κ2) is 7.06. The van der Waals surface area contributed by atoms with Crippen molar-refractivity contribution in [2.24, 2.45) is 0 Å². The van der Waals surface area contributed by atoms with Gasteiger partial charge in [-0.15, -0.1) is 0 Å². The summed E-state index contributed by atoms with van der Waals surface area (Å²) in [6, 6.07) is 4.07. The van der Waals surface area contributed by atoms with Crippen molar-refractivity contribution in [3.05, 3.63) is 29.6 Å². The van der Waals surface area contributed by atoms with Gasteiger partial charge in [0.1, 0.15) is 0 Å². The molecule has 1 aromatic rings. The van der Waals surface area contributed by atoms with Crippen LogP contribution in [0.3, 0.4) is 0 Å². The average Bonchev–Trinajstić information content (AvgIpc) is 2.48. The molecule has 1 aliphatic carbocycles. The smallest absolute Gasteiger partial charge is 0.299 e. The first-order valence-electron chi connectivity index (χ1n) is 6.94. The van der Waals surface area contributed by atoms with E-state index in [1.54, 1.807) is 25.1 Å². The molecule has 0 N–H and O–H groups in total. The highest BCUT2D eigenvalue weighted by molar-refractivity contribution is 5.93. The third-order valence-electron chi connectivity index (χ3n) is 3.57. The number of aromatic nitrogens is 1. The highest BCUT2D eigenvalue weighted by Crippen LogP contribution is 2.32. The molecule has 1 amide bonds. The Hall–Kier alpha value is -1.86. The van der Waals surface area contributed by atoms with Crippen LogP contribution >= 0.6 is 0 Å². The second-order valence-corrected chi connectivity index (χ2v) is 4.82. The van der Waals surface area contributed by atoms with Crippen LogP contribution in [0, 0.1) is 11.8 Å². The first-order valence-corrected chi connectivity index (χ1v) is 6.94. The Morgan fingerprint density at radius 2 is 2.45 bits per heavy atom. The summed E-state index contributed by atoms with van der Waals surface area (Å²) in [7, 11) is 1.64. The van der Waals surface area contributed by atoms with Crippen molar-refractivity contribution in [2.75, 3.05) is 20.3 Å². The van der Waals surface area contributed by atoms with E-state index in [0.717, 1.165) is 25.0 Å². The number of amides is 1. The van der Waals surface area contributed by atoms with Gasteiger partial charge in [-0.05, 0) is 43.7 Å². The van der Waals surface area contributed by atoms with E-state index in [0.29, 0.717) is 13.2 Å². The second-order valence-electron chi connectivity index (χ2n) is 4.82. The van der Waals surface area contributed by atoms with Crippen LogP contribution in [0.4, 0.5) is 0 Å². The summed E-state index contributed by atoms with van der Waals surface area (Å²) < 4.78 is 5.12. The molecule has 1 heterocycles. The number of hydrogen-bond acceptors (Lipinski definition) is 3. The lowest BCUT2D eigenvalue weighted by Crippen LogP contribution is -2.38. The molecular formula is C16H20N2O2. The minimum absolute atomic E-state index is 0.0171. The molecule has 4 nitrogen and oxygen atoms in total. The fourth-order valence-electron chi connectivity index (χ4n) is 2.66. The van der Waals surface area contributed by atoms with Gasteiger partial charge in [-0.2, -0.15) is 0 Å². The first kappa shape index (κ1) is 14.5. The molecular weight excluding hydrogens is 252 g/mol. The summed E-state index contributed by atoms with van der Waals surface area (Å²) in [5, 5.41) is 0. The Labute approximate surface area is 120 Å². The fraction of sp³-hybridized carbons (Fsp3) is 0.500. The lowest BCUT2D eigenvalue weighted by molar-refractivity contribution is -0.128. The molecule has 4 heteroatoms. The van der Waals surface area contributed by atoms with Gasteiger partial charge in [0, 0.05) is 19.9 Å². The highest BCUT2D eigenvalue weighted by atomic mass is 16.5. The van der Waals surface area contributed by atoms with E-state index in [2.05, 4.69) is 22.9 Å². The topological polar surface area (TPSA) is 42.4 Å². The Morgan fingerprint density at radius 1 is 1.60 bits per heavy atom. The average molecular weight is 272 g/mol. The van der Waals surface area contributed by atoms with Gasteiger partial charge in [-0.3, -0.25) is 9.78 Å². The maximum atomic E-state index is 12.2. The molecule has 0 radical (unpaired) electrons. The van der Waals surface area contributed by atoms with Gasteiger partial charge in [-0.25, -0.2) is 0 Å². The zero-order valence-corrected chi connectivity index (χ0v) is 12.1. The molecule has 0 bridgehead atoms. The first-order chi connectivity index (χ1) is 9.77. The quantitative estimate of drug-likeness (QED) is 0.787. The van der Waals surface area contributed by atoms with Crippen molar-refractivity contribution in [3.8, 4) is 11.8 Å². The molecule has 106 valence electrons. The lowest BCUT2D eigenvalue weighted by atomic mass is 9.90. The van der Waals surface area contributed by atoms with Gasteiger partial charge in [0.2, 0.25) is 0 Å². The van der Waals surface area contributed by atoms with Crippen molar-refractivity contribution in [2.45, 2.75) is 32.2 Å². The Kier molecular flexibility index (Phi) is 5.14. The maximum Gasteiger partial charge on any atom is 0.299 e. The van der Waals surface area contributed by atoms with E-state index in [1.165, 1.54) is 5.56 Å². The number of aryl methyl sites for hydroxylation is 1. The standard InChI is InChI=1S/C16H20N2O2/c1-3-6-15(19)18(11-12-20-2)14-9-4-7-13-8-5-10-17-16(13)14/h5,8,10,14H,4,7,9,11-12H2,1-2H3. The number of ether oxygens (including phenoxy) is 1. The van der Waals surface area contributed by atoms with Crippen LogP contribution in [0.5, 0.6) is 0 Å². The van der Waals surface area contributed by atoms with Crippen LogP contribution in [0.15, 0.2) is 18.3 Å². The van der Waals surface area contributed by atoms with E-state index in [9.17, 15) is 4.79 Å². The van der Waals surface area contributed by atoms with Gasteiger partial charge in [0.15, 0.2) is 0 Å². The molecule has 0 saturated carbocycles. The van der Waals surface area contributed by atoms with Crippen LogP contribution in [0.25, 0.3) is 0 Å². The summed E-state index contributed by atoms with van der Waals surface area (Å²) in [6.07, 6.45) is 4.83. The van der Waals surface area contributed by atoms with Crippen molar-refractivity contribution in [3.63, 3.8) is 0 Å². The van der Waals surface area contributed by atoms with Gasteiger partial charge in [0.05, 0.1) is 18.3 Å². The van der Waals surface area contributed by atoms with Gasteiger partial charge in [0.25, 0.3) is 5.91 Å². The van der Waals surface area contributed by atoms with Crippen molar-refractivity contribution in [1.29, 1.82) is 0 Å². The number of carbonyl (C=O) groups excluding carboxylic acids is 1. The Morgan fingerprint density at radius 3 is 3.20 bits per heavy atom. The summed E-state index contributed by atoms with van der Waals surface area (Å²) >= 11 is 0. The molecule has 0 fully saturated rings. The number of carbonyl (C=O) groups is 1. The molecule has 0 aliphatic heterocycles. The summed E-state index contributed by atoms with van der Waals surface area (Å²) in [4.78, 5) is 18.5. The molecule has 0 spiro atoms. The molecule has 20 heavy (non-hydrogen) atoms. The maximum absolute atomic E-state index is 12.2. The molecule has 1 atom stereocenters. The molecule has 1 unspecified atom stereocenters. The predicted molar refractivity (Wildman–Crippen MR) is 77.0 cm³/mol. The van der Waals surface area contributed by atoms with Crippen molar-refractivity contribution < 1.29 is 9.53 Å². The number of pyridine rings is 1. The molecule has 1 aromatic heterocycles. The van der Waals surface area contributed by atoms with Crippen LogP contribution in [0.1, 0.15) is 37.1 Å². The third kappa shape index (κ3) is 3.17. The van der Waals surface area contributed by atoms with Gasteiger partial charge < -0.3 is 9.64 Å². The van der Waals surface area contributed by atoms with E-state index in [4.69, 9.17) is 4.74 Å². The number of nitrogens with zero attached hydrogens (tertiary/aromatic N) is 2. The highest BCUT2D eigenvalue weighted by Gasteiger charge is 2.29. The normalized spacial score (nSPS) is 16.8. The Bertz CT molecular complexity index is 531. The van der Waals surface area contributed by atoms with E-state index >= 15 is 0 Å². The minimum atomic E-state index is -0.145. The molecule has 2 rings (SSSR count). The summed E-state index contributed by atoms with van der Waals surface area (Å²) in [6.45, 7) is 2.74.